The van der Waals surface area contributed by atoms with Gasteiger partial charge in [0.1, 0.15) is 17.2 Å². The van der Waals surface area contributed by atoms with Crippen molar-refractivity contribution in [3.63, 3.8) is 0 Å². The fourth-order valence-electron chi connectivity index (χ4n) is 3.96. The largest absolute Gasteiger partial charge is 0.457 e. The van der Waals surface area contributed by atoms with Gasteiger partial charge in [-0.15, -0.1) is 11.3 Å². The van der Waals surface area contributed by atoms with E-state index in [0.717, 1.165) is 47.9 Å². The number of nitrogens with zero attached hydrogens (tertiary/aromatic N) is 2. The number of fused-ring (bicyclic) bond motifs is 1. The highest BCUT2D eigenvalue weighted by Crippen LogP contribution is 2.34. The van der Waals surface area contributed by atoms with Crippen molar-refractivity contribution < 1.29 is 19.1 Å². The number of anilines is 1. The summed E-state index contributed by atoms with van der Waals surface area (Å²) in [6.07, 6.45) is 1.53. The first-order chi connectivity index (χ1) is 17.6. The molecule has 0 spiro atoms. The second-order valence-corrected chi connectivity index (χ2v) is 9.49. The summed E-state index contributed by atoms with van der Waals surface area (Å²) in [4.78, 5) is 31.0. The molecule has 4 aromatic rings. The molecule has 0 saturated carbocycles. The van der Waals surface area contributed by atoms with E-state index in [1.54, 1.807) is 19.2 Å². The number of hydrogen-bond donors (Lipinski definition) is 2. The molecular formula is C27H26N4O4S. The first-order valence-electron chi connectivity index (χ1n) is 11.7. The van der Waals surface area contributed by atoms with Crippen molar-refractivity contribution in [2.24, 2.45) is 0 Å². The third-order valence-electron chi connectivity index (χ3n) is 5.88. The van der Waals surface area contributed by atoms with Gasteiger partial charge >= 0.3 is 0 Å². The van der Waals surface area contributed by atoms with Crippen LogP contribution in [0.15, 0.2) is 66.9 Å². The Balaban J connectivity index is 1.24. The topological polar surface area (TPSA) is 92.8 Å². The van der Waals surface area contributed by atoms with Crippen molar-refractivity contribution in [1.29, 1.82) is 0 Å². The van der Waals surface area contributed by atoms with Crippen molar-refractivity contribution in [3.8, 4) is 11.5 Å². The number of pyridine rings is 1. The molecule has 2 aromatic carbocycles. The predicted molar refractivity (Wildman–Crippen MR) is 140 cm³/mol. The van der Waals surface area contributed by atoms with Crippen LogP contribution in [-0.4, -0.2) is 55.0 Å². The summed E-state index contributed by atoms with van der Waals surface area (Å²) in [6.45, 7) is 4.26. The van der Waals surface area contributed by atoms with Crippen LogP contribution in [0.25, 0.3) is 10.1 Å². The molecule has 1 saturated heterocycles. The number of morpholine rings is 1. The highest BCUT2D eigenvalue weighted by atomic mass is 32.1. The molecule has 1 fully saturated rings. The number of thiophene rings is 1. The van der Waals surface area contributed by atoms with E-state index in [0.29, 0.717) is 17.1 Å². The highest BCUT2D eigenvalue weighted by molar-refractivity contribution is 7.23. The smallest absolute Gasteiger partial charge is 0.269 e. The monoisotopic (exact) mass is 502 g/mol. The van der Waals surface area contributed by atoms with Crippen LogP contribution < -0.4 is 15.4 Å². The van der Waals surface area contributed by atoms with Crippen LogP contribution in [0.4, 0.5) is 5.00 Å². The van der Waals surface area contributed by atoms with Crippen molar-refractivity contribution in [3.05, 3.63) is 83.7 Å². The van der Waals surface area contributed by atoms with Gasteiger partial charge in [-0.2, -0.15) is 0 Å². The Kier molecular flexibility index (Phi) is 7.22. The van der Waals surface area contributed by atoms with Gasteiger partial charge in [-0.05, 0) is 53.4 Å². The minimum atomic E-state index is -0.277. The van der Waals surface area contributed by atoms with Crippen LogP contribution in [0.2, 0.25) is 0 Å². The molecule has 184 valence electrons. The number of nitrogens with one attached hydrogen (secondary N) is 2. The van der Waals surface area contributed by atoms with Gasteiger partial charge < -0.3 is 20.1 Å². The molecule has 9 heteroatoms. The van der Waals surface area contributed by atoms with Crippen LogP contribution in [0, 0.1) is 0 Å². The number of ether oxygens (including phenoxy) is 2. The van der Waals surface area contributed by atoms with E-state index in [4.69, 9.17) is 9.47 Å². The molecule has 36 heavy (non-hydrogen) atoms. The van der Waals surface area contributed by atoms with Gasteiger partial charge in [-0.3, -0.25) is 19.5 Å². The zero-order valence-corrected chi connectivity index (χ0v) is 20.6. The van der Waals surface area contributed by atoms with Crippen molar-refractivity contribution in [2.45, 2.75) is 6.54 Å². The van der Waals surface area contributed by atoms with Crippen LogP contribution in [-0.2, 0) is 11.3 Å². The maximum absolute atomic E-state index is 12.8. The lowest BCUT2D eigenvalue weighted by Crippen LogP contribution is -2.35. The van der Waals surface area contributed by atoms with Gasteiger partial charge in [0.15, 0.2) is 0 Å². The first-order valence-corrected chi connectivity index (χ1v) is 12.5. The number of rotatable bonds is 7. The van der Waals surface area contributed by atoms with Gasteiger partial charge in [-0.1, -0.05) is 12.1 Å². The summed E-state index contributed by atoms with van der Waals surface area (Å²) < 4.78 is 12.3. The Morgan fingerprint density at radius 2 is 1.78 bits per heavy atom. The van der Waals surface area contributed by atoms with E-state index in [9.17, 15) is 9.59 Å². The molecule has 1 aliphatic heterocycles. The SMILES string of the molecule is CNC(=O)c1cc(Oc2ccc3cc(NC(=O)c4ccc(CN5CCOCC5)cc4)sc3c2)ccn1. The number of carbonyl (C=O) groups is 2. The average Bonchev–Trinajstić information content (AvgIpc) is 3.31. The first kappa shape index (κ1) is 23.9. The summed E-state index contributed by atoms with van der Waals surface area (Å²) in [6, 6.07) is 18.7. The molecule has 5 rings (SSSR count). The minimum Gasteiger partial charge on any atom is -0.457 e. The molecule has 0 aliphatic carbocycles. The van der Waals surface area contributed by atoms with E-state index in [1.165, 1.54) is 23.1 Å². The Morgan fingerprint density at radius 1 is 1.00 bits per heavy atom. The predicted octanol–water partition coefficient (Wildman–Crippen LogP) is 4.53. The van der Waals surface area contributed by atoms with E-state index < -0.39 is 0 Å². The molecule has 2 N–H and O–H groups in total. The molecular weight excluding hydrogens is 476 g/mol. The van der Waals surface area contributed by atoms with Crippen molar-refractivity contribution >= 4 is 38.2 Å². The number of benzene rings is 2. The molecule has 0 atom stereocenters. The summed E-state index contributed by atoms with van der Waals surface area (Å²) in [7, 11) is 1.56. The molecule has 2 amide bonds. The van der Waals surface area contributed by atoms with Crippen LogP contribution >= 0.6 is 11.3 Å². The van der Waals surface area contributed by atoms with Crippen LogP contribution in [0.1, 0.15) is 26.4 Å². The van der Waals surface area contributed by atoms with E-state index in [-0.39, 0.29) is 17.5 Å². The Bertz CT molecular complexity index is 1380. The summed E-state index contributed by atoms with van der Waals surface area (Å²) in [5.74, 6) is 0.730. The lowest BCUT2D eigenvalue weighted by atomic mass is 10.1. The van der Waals surface area contributed by atoms with Crippen molar-refractivity contribution in [1.82, 2.24) is 15.2 Å². The third-order valence-corrected chi connectivity index (χ3v) is 6.89. The van der Waals surface area contributed by atoms with Gasteiger partial charge in [0, 0.05) is 49.2 Å². The Labute approximate surface area is 212 Å². The van der Waals surface area contributed by atoms with Gasteiger partial charge in [0.25, 0.3) is 11.8 Å². The second kappa shape index (κ2) is 10.9. The highest BCUT2D eigenvalue weighted by Gasteiger charge is 2.13. The van der Waals surface area contributed by atoms with E-state index >= 15 is 0 Å². The molecule has 2 aromatic heterocycles. The summed E-state index contributed by atoms with van der Waals surface area (Å²) in [5.41, 5.74) is 2.08. The third kappa shape index (κ3) is 5.71. The average molecular weight is 503 g/mol. The zero-order valence-electron chi connectivity index (χ0n) is 19.8. The van der Waals surface area contributed by atoms with Gasteiger partial charge in [0.2, 0.25) is 0 Å². The molecule has 3 heterocycles. The van der Waals surface area contributed by atoms with E-state index in [1.807, 2.05) is 48.5 Å². The van der Waals surface area contributed by atoms with Crippen LogP contribution in [0.5, 0.6) is 11.5 Å². The number of hydrogen-bond acceptors (Lipinski definition) is 7. The molecule has 1 aliphatic rings. The second-order valence-electron chi connectivity index (χ2n) is 8.41. The standard InChI is InChI=1S/C27H26N4O4S/c1-28-27(33)23-15-22(8-9-29-23)35-21-7-6-20-14-25(36-24(20)16-21)30-26(32)19-4-2-18(3-5-19)17-31-10-12-34-13-11-31/h2-9,14-16H,10-13,17H2,1H3,(H,28,33)(H,30,32). The van der Waals surface area contributed by atoms with Crippen molar-refractivity contribution in [2.75, 3.05) is 38.7 Å². The van der Waals surface area contributed by atoms with Gasteiger partial charge in [-0.25, -0.2) is 0 Å². The normalized spacial score (nSPS) is 13.9. The Hall–Kier alpha value is -3.79. The lowest BCUT2D eigenvalue weighted by molar-refractivity contribution is 0.0342. The zero-order chi connectivity index (χ0) is 24.9. The number of carbonyl (C=O) groups excluding carboxylic acids is 2. The van der Waals surface area contributed by atoms with E-state index in [2.05, 4.69) is 20.5 Å². The molecule has 0 bridgehead atoms. The lowest BCUT2D eigenvalue weighted by Gasteiger charge is -2.26. The molecule has 0 radical (unpaired) electrons. The maximum Gasteiger partial charge on any atom is 0.269 e. The maximum atomic E-state index is 12.8. The fraction of sp³-hybridized carbons (Fsp3) is 0.222. The summed E-state index contributed by atoms with van der Waals surface area (Å²) >= 11 is 1.48. The fourth-order valence-corrected chi connectivity index (χ4v) is 4.95. The quantitative estimate of drug-likeness (QED) is 0.386. The van der Waals surface area contributed by atoms with Gasteiger partial charge in [0.05, 0.1) is 18.2 Å². The number of amides is 2. The molecule has 0 unspecified atom stereocenters. The Morgan fingerprint density at radius 3 is 2.56 bits per heavy atom. The minimum absolute atomic E-state index is 0.144. The molecule has 8 nitrogen and oxygen atoms in total. The number of aromatic nitrogens is 1. The summed E-state index contributed by atoms with van der Waals surface area (Å²) in [5, 5.41) is 7.32. The van der Waals surface area contributed by atoms with Crippen LogP contribution in [0.3, 0.4) is 0 Å².